The first-order valence-corrected chi connectivity index (χ1v) is 6.76. The van der Waals surface area contributed by atoms with Crippen molar-refractivity contribution in [3.05, 3.63) is 25.8 Å². The van der Waals surface area contributed by atoms with E-state index >= 15 is 0 Å². The molecule has 0 spiro atoms. The van der Waals surface area contributed by atoms with E-state index in [1.165, 1.54) is 15.9 Å². The van der Waals surface area contributed by atoms with E-state index in [0.29, 0.717) is 10.9 Å². The number of aryl methyl sites for hydroxylation is 1. The Hall–Kier alpha value is -1.61. The second kappa shape index (κ2) is 4.94. The second-order valence-corrected chi connectivity index (χ2v) is 5.85. The molecule has 0 bridgehead atoms. The lowest BCUT2D eigenvalue weighted by Gasteiger charge is -2.08. The van der Waals surface area contributed by atoms with Crippen LogP contribution >= 0.6 is 23.1 Å². The summed E-state index contributed by atoms with van der Waals surface area (Å²) in [4.78, 5) is 25.7. The van der Waals surface area contributed by atoms with E-state index in [-0.39, 0.29) is 10.7 Å². The number of rotatable bonds is 3. The van der Waals surface area contributed by atoms with E-state index in [9.17, 15) is 9.59 Å². The van der Waals surface area contributed by atoms with Gasteiger partial charge in [-0.2, -0.15) is 0 Å². The maximum Gasteiger partial charge on any atom is 0.329 e. The normalized spacial score (nSPS) is 10.8. The van der Waals surface area contributed by atoms with Crippen LogP contribution < -0.4 is 17.0 Å². The van der Waals surface area contributed by atoms with Gasteiger partial charge >= 0.3 is 5.69 Å². The van der Waals surface area contributed by atoms with Crippen molar-refractivity contribution in [2.45, 2.75) is 29.6 Å². The molecule has 3 N–H and O–H groups in total. The van der Waals surface area contributed by atoms with Crippen molar-refractivity contribution < 1.29 is 0 Å². The summed E-state index contributed by atoms with van der Waals surface area (Å²) in [6.07, 6.45) is 0. The van der Waals surface area contributed by atoms with E-state index in [2.05, 4.69) is 15.2 Å². The van der Waals surface area contributed by atoms with Gasteiger partial charge in [0.15, 0.2) is 4.34 Å². The zero-order chi connectivity index (χ0) is 13.3. The first-order valence-electron chi connectivity index (χ1n) is 5.13. The van der Waals surface area contributed by atoms with Crippen LogP contribution in [-0.2, 0) is 6.54 Å². The Morgan fingerprint density at radius 3 is 2.72 bits per heavy atom. The van der Waals surface area contributed by atoms with Crippen molar-refractivity contribution >= 4 is 28.9 Å². The van der Waals surface area contributed by atoms with Crippen LogP contribution in [0.2, 0.25) is 0 Å². The molecule has 0 saturated carbocycles. The summed E-state index contributed by atoms with van der Waals surface area (Å²) in [7, 11) is 0. The first-order chi connectivity index (χ1) is 8.52. The van der Waals surface area contributed by atoms with Crippen LogP contribution in [0, 0.1) is 6.92 Å². The van der Waals surface area contributed by atoms with E-state index in [4.69, 9.17) is 5.73 Å². The SMILES string of the molecule is CCn1c(N)c(Sc2nnc(C)s2)c(=O)[nH]c1=O. The Balaban J connectivity index is 2.51. The quantitative estimate of drug-likeness (QED) is 0.848. The molecule has 2 rings (SSSR count). The Morgan fingerprint density at radius 2 is 2.17 bits per heavy atom. The number of H-pyrrole nitrogens is 1. The summed E-state index contributed by atoms with van der Waals surface area (Å²) in [6.45, 7) is 3.99. The minimum atomic E-state index is -0.502. The van der Waals surface area contributed by atoms with Gasteiger partial charge in [-0.25, -0.2) is 4.79 Å². The van der Waals surface area contributed by atoms with Gasteiger partial charge in [-0.3, -0.25) is 14.3 Å². The van der Waals surface area contributed by atoms with Crippen LogP contribution in [0.1, 0.15) is 11.9 Å². The molecule has 0 radical (unpaired) electrons. The van der Waals surface area contributed by atoms with Crippen LogP contribution in [0.5, 0.6) is 0 Å². The predicted molar refractivity (Wildman–Crippen MR) is 70.2 cm³/mol. The van der Waals surface area contributed by atoms with Gasteiger partial charge in [0.05, 0.1) is 0 Å². The molecule has 0 aliphatic heterocycles. The molecule has 9 heteroatoms. The van der Waals surface area contributed by atoms with Crippen molar-refractivity contribution in [2.24, 2.45) is 0 Å². The van der Waals surface area contributed by atoms with Crippen LogP contribution in [0.4, 0.5) is 5.82 Å². The monoisotopic (exact) mass is 285 g/mol. The highest BCUT2D eigenvalue weighted by atomic mass is 32.2. The molecule has 2 heterocycles. The third-order valence-corrected chi connectivity index (χ3v) is 4.20. The van der Waals surface area contributed by atoms with E-state index in [1.54, 1.807) is 6.92 Å². The highest BCUT2D eigenvalue weighted by Crippen LogP contribution is 2.30. The number of nitrogen functional groups attached to an aromatic ring is 1. The summed E-state index contributed by atoms with van der Waals surface area (Å²) in [5.41, 5.74) is 4.83. The molecule has 18 heavy (non-hydrogen) atoms. The molecule has 0 fully saturated rings. The molecule has 0 atom stereocenters. The zero-order valence-electron chi connectivity index (χ0n) is 9.76. The molecule has 0 aromatic carbocycles. The Bertz CT molecular complexity index is 687. The van der Waals surface area contributed by atoms with Crippen molar-refractivity contribution in [1.82, 2.24) is 19.7 Å². The van der Waals surface area contributed by atoms with Crippen LogP contribution in [0.15, 0.2) is 18.8 Å². The topological polar surface area (TPSA) is 107 Å². The Morgan fingerprint density at radius 1 is 1.44 bits per heavy atom. The fourth-order valence-electron chi connectivity index (χ4n) is 1.39. The molecule has 0 unspecified atom stereocenters. The number of nitrogens with one attached hydrogen (secondary N) is 1. The van der Waals surface area contributed by atoms with Gasteiger partial charge in [0.2, 0.25) is 0 Å². The first kappa shape index (κ1) is 12.8. The van der Waals surface area contributed by atoms with Gasteiger partial charge in [0, 0.05) is 6.54 Å². The van der Waals surface area contributed by atoms with Gasteiger partial charge in [-0.1, -0.05) is 11.3 Å². The fraction of sp³-hybridized carbons (Fsp3) is 0.333. The molecule has 2 aromatic heterocycles. The highest BCUT2D eigenvalue weighted by Gasteiger charge is 2.14. The number of aromatic amines is 1. The molecule has 0 aliphatic rings. The molecule has 7 nitrogen and oxygen atoms in total. The van der Waals surface area contributed by atoms with Gasteiger partial charge in [0.25, 0.3) is 5.56 Å². The zero-order valence-corrected chi connectivity index (χ0v) is 11.4. The Kier molecular flexibility index (Phi) is 3.53. The van der Waals surface area contributed by atoms with Crippen LogP contribution in [0.3, 0.4) is 0 Å². The van der Waals surface area contributed by atoms with Gasteiger partial charge in [-0.15, -0.1) is 10.2 Å². The number of anilines is 1. The highest BCUT2D eigenvalue weighted by molar-refractivity contribution is 8.01. The van der Waals surface area contributed by atoms with E-state index in [0.717, 1.165) is 16.8 Å². The average molecular weight is 285 g/mol. The molecule has 0 saturated heterocycles. The summed E-state index contributed by atoms with van der Waals surface area (Å²) in [6, 6.07) is 0. The fourth-order valence-corrected chi connectivity index (χ4v) is 3.20. The lowest BCUT2D eigenvalue weighted by atomic mass is 10.5. The van der Waals surface area contributed by atoms with Crippen molar-refractivity contribution in [3.8, 4) is 0 Å². The number of nitrogens with zero attached hydrogens (tertiary/aromatic N) is 3. The molecular formula is C9H11N5O2S2. The predicted octanol–water partition coefficient (Wildman–Crippen LogP) is 0.450. The van der Waals surface area contributed by atoms with Crippen LogP contribution in [-0.4, -0.2) is 19.7 Å². The number of aromatic nitrogens is 4. The lowest BCUT2D eigenvalue weighted by molar-refractivity contribution is 0.690. The van der Waals surface area contributed by atoms with Gasteiger partial charge in [0.1, 0.15) is 15.7 Å². The second-order valence-electron chi connectivity index (χ2n) is 3.41. The van der Waals surface area contributed by atoms with E-state index in [1.807, 2.05) is 6.92 Å². The smallest absolute Gasteiger partial charge is 0.329 e. The summed E-state index contributed by atoms with van der Waals surface area (Å²) >= 11 is 2.48. The summed E-state index contributed by atoms with van der Waals surface area (Å²) < 4.78 is 1.92. The number of hydrogen-bond acceptors (Lipinski definition) is 7. The minimum absolute atomic E-state index is 0.157. The maximum absolute atomic E-state index is 11.7. The molecule has 0 amide bonds. The van der Waals surface area contributed by atoms with Crippen LogP contribution in [0.25, 0.3) is 0 Å². The number of nitrogens with two attached hydrogens (primary N) is 1. The third kappa shape index (κ3) is 2.31. The van der Waals surface area contributed by atoms with Crippen molar-refractivity contribution in [3.63, 3.8) is 0 Å². The molecule has 96 valence electrons. The van der Waals surface area contributed by atoms with E-state index < -0.39 is 11.2 Å². The largest absolute Gasteiger partial charge is 0.384 e. The van der Waals surface area contributed by atoms with Crippen molar-refractivity contribution in [2.75, 3.05) is 5.73 Å². The summed E-state index contributed by atoms with van der Waals surface area (Å²) in [5.74, 6) is 0.157. The van der Waals surface area contributed by atoms with Gasteiger partial charge < -0.3 is 5.73 Å². The molecular weight excluding hydrogens is 274 g/mol. The average Bonchev–Trinajstić information content (AvgIpc) is 2.70. The molecule has 0 aliphatic carbocycles. The summed E-state index contributed by atoms with van der Waals surface area (Å²) in [5, 5.41) is 8.57. The number of hydrogen-bond donors (Lipinski definition) is 2. The minimum Gasteiger partial charge on any atom is -0.384 e. The third-order valence-electron chi connectivity index (χ3n) is 2.21. The van der Waals surface area contributed by atoms with Crippen molar-refractivity contribution in [1.29, 1.82) is 0 Å². The Labute approximate surface area is 110 Å². The lowest BCUT2D eigenvalue weighted by Crippen LogP contribution is -2.32. The molecule has 2 aromatic rings. The maximum atomic E-state index is 11.7. The van der Waals surface area contributed by atoms with Gasteiger partial charge in [-0.05, 0) is 25.6 Å². The standard InChI is InChI=1S/C9H11N5O2S2/c1-3-14-6(10)5(7(15)11-8(14)16)18-9-13-12-4(2)17-9/h3,10H2,1-2H3,(H,11,15,16).